The number of rotatable bonds is 6. The molecule has 20 heavy (non-hydrogen) atoms. The predicted molar refractivity (Wildman–Crippen MR) is 75.3 cm³/mol. The predicted octanol–water partition coefficient (Wildman–Crippen LogP) is 2.72. The Morgan fingerprint density at radius 2 is 2.10 bits per heavy atom. The third kappa shape index (κ3) is 3.11. The van der Waals surface area contributed by atoms with Crippen LogP contribution in [0.3, 0.4) is 0 Å². The summed E-state index contributed by atoms with van der Waals surface area (Å²) in [5.41, 5.74) is -0.258. The van der Waals surface area contributed by atoms with Gasteiger partial charge in [-0.3, -0.25) is 10.1 Å². The van der Waals surface area contributed by atoms with E-state index < -0.39 is 14.9 Å². The molecule has 0 spiro atoms. The van der Waals surface area contributed by atoms with Crippen molar-refractivity contribution in [2.75, 3.05) is 6.54 Å². The molecule has 0 saturated heterocycles. The molecule has 1 aromatic rings. The maximum Gasteiger partial charge on any atom is 0.270 e. The van der Waals surface area contributed by atoms with Crippen molar-refractivity contribution in [1.29, 1.82) is 0 Å². The summed E-state index contributed by atoms with van der Waals surface area (Å²) in [4.78, 5) is 9.81. The molecule has 1 saturated carbocycles. The van der Waals surface area contributed by atoms with Crippen molar-refractivity contribution in [2.24, 2.45) is 5.41 Å². The van der Waals surface area contributed by atoms with Crippen LogP contribution in [0.4, 0.5) is 5.69 Å². The number of nitrogens with zero attached hydrogens (tertiary/aromatic N) is 1. The van der Waals surface area contributed by atoms with Crippen molar-refractivity contribution in [1.82, 2.24) is 4.72 Å². The molecule has 0 bridgehead atoms. The molecule has 0 aromatic heterocycles. The summed E-state index contributed by atoms with van der Waals surface area (Å²) >= 11 is 5.84. The second kappa shape index (κ2) is 5.31. The van der Waals surface area contributed by atoms with Gasteiger partial charge in [0.15, 0.2) is 0 Å². The van der Waals surface area contributed by atoms with Crippen molar-refractivity contribution in [3.05, 3.63) is 33.3 Å². The van der Waals surface area contributed by atoms with Gasteiger partial charge in [-0.15, -0.1) is 0 Å². The minimum absolute atomic E-state index is 0.0237. The van der Waals surface area contributed by atoms with Crippen LogP contribution in [-0.2, 0) is 10.0 Å². The number of hydrogen-bond acceptors (Lipinski definition) is 4. The van der Waals surface area contributed by atoms with E-state index in [1.807, 2.05) is 6.92 Å². The Bertz CT molecular complexity index is 641. The smallest absolute Gasteiger partial charge is 0.258 e. The van der Waals surface area contributed by atoms with E-state index in [0.29, 0.717) is 6.54 Å². The molecular formula is C12H15ClN2O4S. The molecule has 1 fully saturated rings. The van der Waals surface area contributed by atoms with Crippen molar-refractivity contribution in [2.45, 2.75) is 31.1 Å². The van der Waals surface area contributed by atoms with Crippen LogP contribution >= 0.6 is 11.6 Å². The molecule has 0 amide bonds. The standard InChI is InChI=1S/C12H15ClN2O4S/c1-2-12(5-6-12)8-14-20(18,19)11-7-9(15(16)17)3-4-10(11)13/h3-4,7,14H,2,5-6,8H2,1H3. The van der Waals surface area contributed by atoms with Crippen LogP contribution < -0.4 is 4.72 Å². The van der Waals surface area contributed by atoms with E-state index >= 15 is 0 Å². The maximum atomic E-state index is 12.2. The normalized spacial score (nSPS) is 16.9. The van der Waals surface area contributed by atoms with Gasteiger partial charge in [0.05, 0.1) is 9.95 Å². The molecule has 0 heterocycles. The quantitative estimate of drug-likeness (QED) is 0.645. The van der Waals surface area contributed by atoms with Gasteiger partial charge < -0.3 is 0 Å². The lowest BCUT2D eigenvalue weighted by Crippen LogP contribution is -2.30. The SMILES string of the molecule is CCC1(CNS(=O)(=O)c2cc([N+](=O)[O-])ccc2Cl)CC1. The number of hydrogen-bond donors (Lipinski definition) is 1. The molecule has 1 aromatic carbocycles. The first-order chi connectivity index (χ1) is 9.30. The van der Waals surface area contributed by atoms with Crippen LogP contribution in [0.15, 0.2) is 23.1 Å². The first-order valence-electron chi connectivity index (χ1n) is 6.23. The summed E-state index contributed by atoms with van der Waals surface area (Å²) in [5.74, 6) is 0. The number of nitro groups is 1. The van der Waals surface area contributed by atoms with Crippen LogP contribution in [0.25, 0.3) is 0 Å². The van der Waals surface area contributed by atoms with Gasteiger partial charge in [0, 0.05) is 18.7 Å². The van der Waals surface area contributed by atoms with Crippen LogP contribution in [-0.4, -0.2) is 19.9 Å². The van der Waals surface area contributed by atoms with Gasteiger partial charge in [0.1, 0.15) is 4.90 Å². The molecule has 0 aliphatic heterocycles. The van der Waals surface area contributed by atoms with Gasteiger partial charge in [0.25, 0.3) is 5.69 Å². The monoisotopic (exact) mass is 318 g/mol. The summed E-state index contributed by atoms with van der Waals surface area (Å²) in [7, 11) is -3.84. The second-order valence-corrected chi connectivity index (χ2v) is 7.19. The van der Waals surface area contributed by atoms with E-state index in [1.165, 1.54) is 12.1 Å². The first-order valence-corrected chi connectivity index (χ1v) is 8.09. The number of sulfonamides is 1. The van der Waals surface area contributed by atoms with Gasteiger partial charge in [0.2, 0.25) is 10.0 Å². The highest BCUT2D eigenvalue weighted by molar-refractivity contribution is 7.89. The molecule has 1 aliphatic carbocycles. The van der Waals surface area contributed by atoms with Gasteiger partial charge >= 0.3 is 0 Å². The number of non-ortho nitro benzene ring substituents is 1. The Balaban J connectivity index is 2.24. The fraction of sp³-hybridized carbons (Fsp3) is 0.500. The van der Waals surface area contributed by atoms with E-state index in [0.717, 1.165) is 25.3 Å². The molecule has 6 nitrogen and oxygen atoms in total. The molecule has 1 N–H and O–H groups in total. The molecule has 110 valence electrons. The molecule has 2 rings (SSSR count). The summed E-state index contributed by atoms with van der Waals surface area (Å²) < 4.78 is 26.9. The lowest BCUT2D eigenvalue weighted by molar-refractivity contribution is -0.385. The van der Waals surface area contributed by atoms with Crippen molar-refractivity contribution in [3.63, 3.8) is 0 Å². The van der Waals surface area contributed by atoms with Gasteiger partial charge in [-0.2, -0.15) is 0 Å². The minimum Gasteiger partial charge on any atom is -0.258 e. The average Bonchev–Trinajstić information content (AvgIpc) is 3.17. The lowest BCUT2D eigenvalue weighted by atomic mass is 10.1. The maximum absolute atomic E-state index is 12.2. The summed E-state index contributed by atoms with van der Waals surface area (Å²) in [6, 6.07) is 3.38. The number of halogens is 1. The third-order valence-electron chi connectivity index (χ3n) is 3.76. The van der Waals surface area contributed by atoms with Gasteiger partial charge in [-0.05, 0) is 30.7 Å². The Kier molecular flexibility index (Phi) is 4.04. The number of nitrogens with one attached hydrogen (secondary N) is 1. The molecular weight excluding hydrogens is 304 g/mol. The van der Waals surface area contributed by atoms with Crippen LogP contribution in [0.1, 0.15) is 26.2 Å². The van der Waals surface area contributed by atoms with E-state index in [-0.39, 0.29) is 21.0 Å². The second-order valence-electron chi connectivity index (χ2n) is 5.05. The Morgan fingerprint density at radius 3 is 2.60 bits per heavy atom. The van der Waals surface area contributed by atoms with Crippen LogP contribution in [0, 0.1) is 15.5 Å². The van der Waals surface area contributed by atoms with E-state index in [1.54, 1.807) is 0 Å². The van der Waals surface area contributed by atoms with Crippen molar-refractivity contribution >= 4 is 27.3 Å². The van der Waals surface area contributed by atoms with E-state index in [9.17, 15) is 18.5 Å². The molecule has 0 radical (unpaired) electrons. The molecule has 0 unspecified atom stereocenters. The Morgan fingerprint density at radius 1 is 1.45 bits per heavy atom. The molecule has 8 heteroatoms. The molecule has 1 aliphatic rings. The number of benzene rings is 1. The fourth-order valence-corrected chi connectivity index (χ4v) is 3.64. The summed E-state index contributed by atoms with van der Waals surface area (Å²) in [5, 5.41) is 10.7. The van der Waals surface area contributed by atoms with Crippen LogP contribution in [0.2, 0.25) is 5.02 Å². The van der Waals surface area contributed by atoms with Gasteiger partial charge in [-0.1, -0.05) is 18.5 Å². The zero-order chi connectivity index (χ0) is 15.0. The lowest BCUT2D eigenvalue weighted by Gasteiger charge is -2.14. The number of nitro benzene ring substituents is 1. The van der Waals surface area contributed by atoms with E-state index in [2.05, 4.69) is 4.72 Å². The highest BCUT2D eigenvalue weighted by Crippen LogP contribution is 2.48. The van der Waals surface area contributed by atoms with Crippen molar-refractivity contribution in [3.8, 4) is 0 Å². The summed E-state index contributed by atoms with van der Waals surface area (Å²) in [6.07, 6.45) is 2.89. The highest BCUT2D eigenvalue weighted by Gasteiger charge is 2.41. The zero-order valence-corrected chi connectivity index (χ0v) is 12.5. The van der Waals surface area contributed by atoms with Crippen LogP contribution in [0.5, 0.6) is 0 Å². The summed E-state index contributed by atoms with van der Waals surface area (Å²) in [6.45, 7) is 2.35. The fourth-order valence-electron chi connectivity index (χ4n) is 1.97. The first kappa shape index (κ1) is 15.2. The molecule has 0 atom stereocenters. The topological polar surface area (TPSA) is 89.3 Å². The Labute approximate surface area is 122 Å². The zero-order valence-electron chi connectivity index (χ0n) is 10.9. The van der Waals surface area contributed by atoms with Gasteiger partial charge in [-0.25, -0.2) is 13.1 Å². The highest BCUT2D eigenvalue weighted by atomic mass is 35.5. The largest absolute Gasteiger partial charge is 0.270 e. The van der Waals surface area contributed by atoms with E-state index in [4.69, 9.17) is 11.6 Å². The van der Waals surface area contributed by atoms with Crippen molar-refractivity contribution < 1.29 is 13.3 Å². The minimum atomic E-state index is -3.84. The Hall–Kier alpha value is -1.18. The third-order valence-corrected chi connectivity index (χ3v) is 5.64. The average molecular weight is 319 g/mol.